The van der Waals surface area contributed by atoms with Crippen molar-refractivity contribution in [1.29, 1.82) is 0 Å². The second kappa shape index (κ2) is 8.47. The van der Waals surface area contributed by atoms with Gasteiger partial charge in [-0.25, -0.2) is 4.98 Å². The fourth-order valence-electron chi connectivity index (χ4n) is 3.34. The molecular formula is C20H26N2OS2. The van der Waals surface area contributed by atoms with Crippen LogP contribution in [-0.4, -0.2) is 35.0 Å². The summed E-state index contributed by atoms with van der Waals surface area (Å²) in [5.41, 5.74) is 2.07. The molecule has 1 aromatic heterocycles. The molecule has 0 spiro atoms. The van der Waals surface area contributed by atoms with Gasteiger partial charge in [0.15, 0.2) is 5.78 Å². The summed E-state index contributed by atoms with van der Waals surface area (Å²) in [6.07, 6.45) is 4.11. The number of rotatable bonds is 6. The molecule has 1 aliphatic rings. The van der Waals surface area contributed by atoms with Crippen LogP contribution in [0.25, 0.3) is 0 Å². The van der Waals surface area contributed by atoms with Gasteiger partial charge in [-0.1, -0.05) is 32.0 Å². The molecular weight excluding hydrogens is 348 g/mol. The Morgan fingerprint density at radius 1 is 1.40 bits per heavy atom. The summed E-state index contributed by atoms with van der Waals surface area (Å²) < 4.78 is 0. The highest BCUT2D eigenvalue weighted by molar-refractivity contribution is 7.98. The molecule has 0 bridgehead atoms. The lowest BCUT2D eigenvalue weighted by Crippen LogP contribution is -2.38. The Balaban J connectivity index is 1.67. The number of hydrogen-bond donors (Lipinski definition) is 0. The van der Waals surface area contributed by atoms with E-state index in [1.54, 1.807) is 23.1 Å². The van der Waals surface area contributed by atoms with E-state index in [4.69, 9.17) is 4.98 Å². The lowest BCUT2D eigenvalue weighted by atomic mass is 9.90. The molecule has 0 N–H and O–H groups in total. The van der Waals surface area contributed by atoms with Crippen molar-refractivity contribution in [2.45, 2.75) is 44.0 Å². The van der Waals surface area contributed by atoms with Gasteiger partial charge in [-0.05, 0) is 37.6 Å². The number of carbonyl (C=O) groups excluding carboxylic acids is 1. The van der Waals surface area contributed by atoms with Gasteiger partial charge in [-0.2, -0.15) is 0 Å². The number of thioether (sulfide) groups is 1. The number of Topliss-reactive ketones (excluding diaryl/α,β-unsaturated/α-hetero) is 1. The predicted octanol–water partition coefficient (Wildman–Crippen LogP) is 5.08. The molecule has 2 heterocycles. The monoisotopic (exact) mass is 374 g/mol. The summed E-state index contributed by atoms with van der Waals surface area (Å²) in [4.78, 5) is 21.3. The summed E-state index contributed by atoms with van der Waals surface area (Å²) in [6.45, 7) is 7.13. The Labute approximate surface area is 158 Å². The highest BCUT2D eigenvalue weighted by Gasteiger charge is 2.28. The van der Waals surface area contributed by atoms with Crippen molar-refractivity contribution in [3.05, 3.63) is 45.9 Å². The largest absolute Gasteiger partial charge is 0.296 e. The summed E-state index contributed by atoms with van der Waals surface area (Å²) in [5.74, 6) is 0.881. The molecule has 0 radical (unpaired) electrons. The lowest BCUT2D eigenvalue weighted by molar-refractivity contribution is 0.0808. The minimum absolute atomic E-state index is 0.103. The molecule has 2 aromatic rings. The van der Waals surface area contributed by atoms with Crippen LogP contribution in [0.4, 0.5) is 0 Å². The van der Waals surface area contributed by atoms with Crippen LogP contribution in [0.5, 0.6) is 0 Å². The quantitative estimate of drug-likeness (QED) is 0.521. The fourth-order valence-corrected chi connectivity index (χ4v) is 4.94. The van der Waals surface area contributed by atoms with Crippen molar-refractivity contribution in [3.8, 4) is 0 Å². The first kappa shape index (κ1) is 18.6. The van der Waals surface area contributed by atoms with Crippen molar-refractivity contribution in [3.63, 3.8) is 0 Å². The number of nitrogens with zero attached hydrogens (tertiary/aromatic N) is 2. The molecule has 25 heavy (non-hydrogen) atoms. The van der Waals surface area contributed by atoms with Gasteiger partial charge in [0.25, 0.3) is 0 Å². The molecule has 0 aliphatic carbocycles. The molecule has 1 atom stereocenters. The normalized spacial score (nSPS) is 18.6. The second-order valence-electron chi connectivity index (χ2n) is 6.96. The van der Waals surface area contributed by atoms with Gasteiger partial charge in [-0.15, -0.1) is 23.1 Å². The number of hydrogen-bond acceptors (Lipinski definition) is 5. The lowest BCUT2D eigenvalue weighted by Gasteiger charge is -2.31. The molecule has 3 rings (SSSR count). The van der Waals surface area contributed by atoms with E-state index >= 15 is 0 Å². The Hall–Kier alpha value is -1.17. The maximum Gasteiger partial charge on any atom is 0.168 e. The van der Waals surface area contributed by atoms with Crippen LogP contribution in [0, 0.1) is 5.92 Å². The van der Waals surface area contributed by atoms with Crippen LogP contribution in [0.2, 0.25) is 0 Å². The molecule has 3 nitrogen and oxygen atoms in total. The molecule has 1 aromatic carbocycles. The van der Waals surface area contributed by atoms with Gasteiger partial charge in [-0.3, -0.25) is 9.69 Å². The summed E-state index contributed by atoms with van der Waals surface area (Å²) in [6, 6.07) is 7.99. The molecule has 1 saturated heterocycles. The van der Waals surface area contributed by atoms with Crippen molar-refractivity contribution in [2.24, 2.45) is 5.92 Å². The average Bonchev–Trinajstić information content (AvgIpc) is 3.10. The minimum atomic E-state index is 0.103. The molecule has 1 unspecified atom stereocenters. The topological polar surface area (TPSA) is 33.2 Å². The zero-order valence-corrected chi connectivity index (χ0v) is 16.8. The number of benzene rings is 1. The van der Waals surface area contributed by atoms with E-state index in [1.165, 1.54) is 10.7 Å². The maximum atomic E-state index is 13.0. The standard InChI is InChI=1S/C20H26N2OS2/c1-14(2)17-13-25-19(21-17)12-22-10-6-7-15(11-22)20(23)16-8-4-5-9-18(16)24-3/h4-5,8-9,13-15H,6-7,10-12H2,1-3H3. The number of piperidine rings is 1. The zero-order valence-electron chi connectivity index (χ0n) is 15.2. The first-order valence-corrected chi connectivity index (χ1v) is 11.0. The van der Waals surface area contributed by atoms with Crippen LogP contribution in [-0.2, 0) is 6.54 Å². The molecule has 1 aliphatic heterocycles. The Morgan fingerprint density at radius 2 is 2.20 bits per heavy atom. The third kappa shape index (κ3) is 4.52. The molecule has 1 fully saturated rings. The van der Waals surface area contributed by atoms with E-state index in [1.807, 2.05) is 30.5 Å². The smallest absolute Gasteiger partial charge is 0.168 e. The number of likely N-dealkylation sites (tertiary alicyclic amines) is 1. The minimum Gasteiger partial charge on any atom is -0.296 e. The van der Waals surface area contributed by atoms with Crippen molar-refractivity contribution in [1.82, 2.24) is 9.88 Å². The van der Waals surface area contributed by atoms with Gasteiger partial charge in [0.2, 0.25) is 0 Å². The molecule has 0 amide bonds. The van der Waals surface area contributed by atoms with E-state index in [9.17, 15) is 4.79 Å². The first-order chi connectivity index (χ1) is 12.1. The first-order valence-electron chi connectivity index (χ1n) is 8.92. The van der Waals surface area contributed by atoms with Crippen molar-refractivity contribution < 1.29 is 4.79 Å². The van der Waals surface area contributed by atoms with Gasteiger partial charge in [0.1, 0.15) is 5.01 Å². The highest BCUT2D eigenvalue weighted by atomic mass is 32.2. The van der Waals surface area contributed by atoms with E-state index in [2.05, 4.69) is 24.1 Å². The highest BCUT2D eigenvalue weighted by Crippen LogP contribution is 2.28. The van der Waals surface area contributed by atoms with Crippen molar-refractivity contribution in [2.75, 3.05) is 19.3 Å². The number of ketones is 1. The number of thiazole rings is 1. The van der Waals surface area contributed by atoms with Crippen LogP contribution in [0.15, 0.2) is 34.5 Å². The predicted molar refractivity (Wildman–Crippen MR) is 107 cm³/mol. The van der Waals surface area contributed by atoms with Gasteiger partial charge in [0, 0.05) is 28.3 Å². The van der Waals surface area contributed by atoms with Gasteiger partial charge < -0.3 is 0 Å². The number of aromatic nitrogens is 1. The molecule has 0 saturated carbocycles. The Bertz CT molecular complexity index is 726. The molecule has 134 valence electrons. The summed E-state index contributed by atoms with van der Waals surface area (Å²) in [5, 5.41) is 3.34. The maximum absolute atomic E-state index is 13.0. The van der Waals surface area contributed by atoms with Gasteiger partial charge in [0.05, 0.1) is 12.2 Å². The Morgan fingerprint density at radius 3 is 2.92 bits per heavy atom. The van der Waals surface area contributed by atoms with Crippen LogP contribution < -0.4 is 0 Å². The summed E-state index contributed by atoms with van der Waals surface area (Å²) >= 11 is 3.40. The van der Waals surface area contributed by atoms with Crippen molar-refractivity contribution >= 4 is 28.9 Å². The second-order valence-corrected chi connectivity index (χ2v) is 8.75. The molecule has 5 heteroatoms. The number of carbonyl (C=O) groups is 1. The summed E-state index contributed by atoms with van der Waals surface area (Å²) in [7, 11) is 0. The SMILES string of the molecule is CSc1ccccc1C(=O)C1CCCN(Cc2nc(C(C)C)cs2)C1. The van der Waals surface area contributed by atoms with E-state index < -0.39 is 0 Å². The zero-order chi connectivity index (χ0) is 17.8. The van der Waals surface area contributed by atoms with E-state index in [-0.39, 0.29) is 5.92 Å². The van der Waals surface area contributed by atoms with Gasteiger partial charge >= 0.3 is 0 Å². The van der Waals surface area contributed by atoms with Crippen LogP contribution in [0.1, 0.15) is 53.7 Å². The third-order valence-corrected chi connectivity index (χ3v) is 6.42. The third-order valence-electron chi connectivity index (χ3n) is 4.77. The van der Waals surface area contributed by atoms with Crippen LogP contribution >= 0.6 is 23.1 Å². The van der Waals surface area contributed by atoms with E-state index in [0.717, 1.165) is 42.9 Å². The van der Waals surface area contributed by atoms with E-state index in [0.29, 0.717) is 11.7 Å². The fraction of sp³-hybridized carbons (Fsp3) is 0.500. The van der Waals surface area contributed by atoms with Crippen LogP contribution in [0.3, 0.4) is 0 Å². The Kier molecular flexibility index (Phi) is 6.31. The average molecular weight is 375 g/mol.